The second-order valence-electron chi connectivity index (χ2n) is 4.75. The smallest absolute Gasteiger partial charge is 0.0543 e. The van der Waals surface area contributed by atoms with Crippen LogP contribution in [0.3, 0.4) is 0 Å². The minimum absolute atomic E-state index is 0.434. The lowest BCUT2D eigenvalue weighted by Crippen LogP contribution is -2.30. The van der Waals surface area contributed by atoms with Gasteiger partial charge < -0.3 is 5.32 Å². The molecule has 4 heteroatoms. The molecule has 3 nitrogen and oxygen atoms in total. The Kier molecular flexibility index (Phi) is 5.51. The highest BCUT2D eigenvalue weighted by molar-refractivity contribution is 7.10. The Bertz CT molecular complexity index is 456. The van der Waals surface area contributed by atoms with Crippen LogP contribution in [0.15, 0.2) is 41.9 Å². The molecule has 0 bridgehead atoms. The van der Waals surface area contributed by atoms with Crippen molar-refractivity contribution in [1.29, 1.82) is 0 Å². The number of aromatic nitrogens is 1. The lowest BCUT2D eigenvalue weighted by atomic mass is 10.3. The molecule has 1 unspecified atom stereocenters. The third-order valence-corrected chi connectivity index (χ3v) is 4.13. The van der Waals surface area contributed by atoms with Crippen molar-refractivity contribution in [3.63, 3.8) is 0 Å². The highest BCUT2D eigenvalue weighted by atomic mass is 32.1. The van der Waals surface area contributed by atoms with Gasteiger partial charge in [0.2, 0.25) is 0 Å². The van der Waals surface area contributed by atoms with Crippen molar-refractivity contribution in [2.24, 2.45) is 0 Å². The summed E-state index contributed by atoms with van der Waals surface area (Å²) < 4.78 is 0. The maximum absolute atomic E-state index is 4.34. The van der Waals surface area contributed by atoms with Gasteiger partial charge in [0.15, 0.2) is 0 Å². The van der Waals surface area contributed by atoms with Gasteiger partial charge in [-0.2, -0.15) is 0 Å². The molecule has 1 N–H and O–H groups in total. The van der Waals surface area contributed by atoms with Crippen molar-refractivity contribution in [3.8, 4) is 0 Å². The second kappa shape index (κ2) is 7.38. The highest BCUT2D eigenvalue weighted by Crippen LogP contribution is 2.17. The highest BCUT2D eigenvalue weighted by Gasteiger charge is 2.06. The van der Waals surface area contributed by atoms with Gasteiger partial charge in [0, 0.05) is 36.8 Å². The van der Waals surface area contributed by atoms with Crippen molar-refractivity contribution in [3.05, 3.63) is 52.5 Å². The Morgan fingerprint density at radius 2 is 2.21 bits per heavy atom. The molecule has 19 heavy (non-hydrogen) atoms. The van der Waals surface area contributed by atoms with E-state index in [0.29, 0.717) is 6.04 Å². The monoisotopic (exact) mass is 275 g/mol. The lowest BCUT2D eigenvalue weighted by molar-refractivity contribution is 0.315. The Labute approximate surface area is 119 Å². The predicted octanol–water partition coefficient (Wildman–Crippen LogP) is 2.93. The van der Waals surface area contributed by atoms with Crippen LogP contribution in [0.25, 0.3) is 0 Å². The van der Waals surface area contributed by atoms with E-state index in [1.165, 1.54) is 4.88 Å². The molecule has 0 aliphatic rings. The van der Waals surface area contributed by atoms with Gasteiger partial charge in [-0.15, -0.1) is 11.3 Å². The number of nitrogens with one attached hydrogen (secondary N) is 1. The summed E-state index contributed by atoms with van der Waals surface area (Å²) in [6, 6.07) is 10.8. The van der Waals surface area contributed by atoms with E-state index in [0.717, 1.165) is 25.3 Å². The molecule has 0 saturated heterocycles. The largest absolute Gasteiger partial charge is 0.308 e. The quantitative estimate of drug-likeness (QED) is 0.842. The summed E-state index contributed by atoms with van der Waals surface area (Å²) >= 11 is 1.81. The number of nitrogens with zero attached hydrogens (tertiary/aromatic N) is 2. The molecular formula is C15H21N3S. The van der Waals surface area contributed by atoms with E-state index >= 15 is 0 Å². The number of pyridine rings is 1. The first-order valence-corrected chi connectivity index (χ1v) is 7.49. The standard InChI is InChI=1S/C15H21N3S/c1-13(15-7-5-11-19-15)16-9-10-18(2)12-14-6-3-4-8-17-14/h3-8,11,13,16H,9-10,12H2,1-2H3. The third-order valence-electron chi connectivity index (χ3n) is 3.07. The molecule has 0 fully saturated rings. The second-order valence-corrected chi connectivity index (χ2v) is 5.73. The SMILES string of the molecule is CC(NCCN(C)Cc1ccccn1)c1cccs1. The number of thiophene rings is 1. The summed E-state index contributed by atoms with van der Waals surface area (Å²) in [5, 5.41) is 5.68. The van der Waals surface area contributed by atoms with Gasteiger partial charge in [0.1, 0.15) is 0 Å². The van der Waals surface area contributed by atoms with Crippen molar-refractivity contribution < 1.29 is 0 Å². The number of hydrogen-bond donors (Lipinski definition) is 1. The fourth-order valence-corrected chi connectivity index (χ4v) is 2.72. The van der Waals surface area contributed by atoms with Crippen LogP contribution >= 0.6 is 11.3 Å². The fraction of sp³-hybridized carbons (Fsp3) is 0.400. The van der Waals surface area contributed by atoms with Gasteiger partial charge in [0.25, 0.3) is 0 Å². The molecule has 102 valence electrons. The van der Waals surface area contributed by atoms with Crippen LogP contribution in [0.5, 0.6) is 0 Å². The Morgan fingerprint density at radius 1 is 1.32 bits per heavy atom. The summed E-state index contributed by atoms with van der Waals surface area (Å²) in [5.74, 6) is 0. The van der Waals surface area contributed by atoms with E-state index < -0.39 is 0 Å². The normalized spacial score (nSPS) is 12.8. The van der Waals surface area contributed by atoms with Gasteiger partial charge in [-0.3, -0.25) is 9.88 Å². The van der Waals surface area contributed by atoms with Crippen LogP contribution in [-0.4, -0.2) is 30.0 Å². The predicted molar refractivity (Wildman–Crippen MR) is 81.3 cm³/mol. The van der Waals surface area contributed by atoms with E-state index in [1.54, 1.807) is 11.3 Å². The fourth-order valence-electron chi connectivity index (χ4n) is 1.96. The first-order valence-electron chi connectivity index (χ1n) is 6.61. The lowest BCUT2D eigenvalue weighted by Gasteiger charge is -2.18. The van der Waals surface area contributed by atoms with E-state index in [1.807, 2.05) is 18.3 Å². The molecule has 0 aliphatic carbocycles. The minimum atomic E-state index is 0.434. The molecule has 0 amide bonds. The summed E-state index contributed by atoms with van der Waals surface area (Å²) in [7, 11) is 2.13. The number of rotatable bonds is 7. The van der Waals surface area contributed by atoms with Gasteiger partial charge in [0.05, 0.1) is 5.69 Å². The zero-order chi connectivity index (χ0) is 13.5. The van der Waals surface area contributed by atoms with Gasteiger partial charge in [-0.25, -0.2) is 0 Å². The molecule has 2 aromatic rings. The van der Waals surface area contributed by atoms with Crippen LogP contribution in [0.2, 0.25) is 0 Å². The molecule has 0 aliphatic heterocycles. The van der Waals surface area contributed by atoms with Gasteiger partial charge >= 0.3 is 0 Å². The van der Waals surface area contributed by atoms with Crippen LogP contribution in [-0.2, 0) is 6.54 Å². The topological polar surface area (TPSA) is 28.2 Å². The zero-order valence-corrected chi connectivity index (χ0v) is 12.4. The Hall–Kier alpha value is -1.23. The van der Waals surface area contributed by atoms with Gasteiger partial charge in [-0.1, -0.05) is 12.1 Å². The maximum Gasteiger partial charge on any atom is 0.0543 e. The third kappa shape index (κ3) is 4.74. The average molecular weight is 275 g/mol. The summed E-state index contributed by atoms with van der Waals surface area (Å²) in [5.41, 5.74) is 1.12. The summed E-state index contributed by atoms with van der Waals surface area (Å²) in [4.78, 5) is 8.03. The van der Waals surface area contributed by atoms with E-state index in [2.05, 4.69) is 52.8 Å². The molecule has 2 aromatic heterocycles. The Balaban J connectivity index is 1.68. The van der Waals surface area contributed by atoms with Gasteiger partial charge in [-0.05, 0) is 37.6 Å². The minimum Gasteiger partial charge on any atom is -0.308 e. The van der Waals surface area contributed by atoms with E-state index in [4.69, 9.17) is 0 Å². The van der Waals surface area contributed by atoms with Crippen LogP contribution < -0.4 is 5.32 Å². The van der Waals surface area contributed by atoms with Crippen LogP contribution in [0, 0.1) is 0 Å². The number of likely N-dealkylation sites (N-methyl/N-ethyl adjacent to an activating group) is 1. The van der Waals surface area contributed by atoms with E-state index in [-0.39, 0.29) is 0 Å². The average Bonchev–Trinajstić information content (AvgIpc) is 2.93. The van der Waals surface area contributed by atoms with Crippen LogP contribution in [0.4, 0.5) is 0 Å². The van der Waals surface area contributed by atoms with Crippen molar-refractivity contribution in [2.75, 3.05) is 20.1 Å². The molecule has 1 atom stereocenters. The molecular weight excluding hydrogens is 254 g/mol. The maximum atomic E-state index is 4.34. The van der Waals surface area contributed by atoms with Crippen LogP contribution in [0.1, 0.15) is 23.5 Å². The van der Waals surface area contributed by atoms with Crippen molar-refractivity contribution in [1.82, 2.24) is 15.2 Å². The summed E-state index contributed by atoms with van der Waals surface area (Å²) in [6.45, 7) is 5.12. The molecule has 2 heterocycles. The first-order chi connectivity index (χ1) is 9.25. The summed E-state index contributed by atoms with van der Waals surface area (Å²) in [6.07, 6.45) is 1.85. The molecule has 0 saturated carbocycles. The molecule has 0 aromatic carbocycles. The Morgan fingerprint density at radius 3 is 2.89 bits per heavy atom. The van der Waals surface area contributed by atoms with Crippen molar-refractivity contribution >= 4 is 11.3 Å². The molecule has 2 rings (SSSR count). The zero-order valence-electron chi connectivity index (χ0n) is 11.5. The van der Waals surface area contributed by atoms with Crippen molar-refractivity contribution in [2.45, 2.75) is 19.5 Å². The molecule has 0 radical (unpaired) electrons. The first kappa shape index (κ1) is 14.2. The molecule has 0 spiro atoms. The number of hydrogen-bond acceptors (Lipinski definition) is 4. The van der Waals surface area contributed by atoms with E-state index in [9.17, 15) is 0 Å².